The van der Waals surface area contributed by atoms with Crippen LogP contribution in [0.25, 0.3) is 0 Å². The van der Waals surface area contributed by atoms with Crippen LogP contribution < -0.4 is 5.32 Å². The summed E-state index contributed by atoms with van der Waals surface area (Å²) in [5.41, 5.74) is 0.367. The summed E-state index contributed by atoms with van der Waals surface area (Å²) in [6.07, 6.45) is 6.04. The number of nitrogens with one attached hydrogen (secondary N) is 1. The highest BCUT2D eigenvalue weighted by atomic mass is 32.2. The number of hydrogen-bond acceptors (Lipinski definition) is 5. The molecule has 1 unspecified atom stereocenters. The SMILES string of the molecule is Cc1nn(C(F)F)cc1S(=O)N1CCC(Nc2ncccn2)CC1. The Morgan fingerprint density at radius 3 is 2.54 bits per heavy atom. The Hall–Kier alpha value is -1.94. The van der Waals surface area contributed by atoms with Crippen molar-refractivity contribution < 1.29 is 13.0 Å². The largest absolute Gasteiger partial charge is 0.351 e. The molecule has 0 radical (unpaired) electrons. The molecule has 0 amide bonds. The Labute approximate surface area is 140 Å². The van der Waals surface area contributed by atoms with E-state index in [2.05, 4.69) is 20.4 Å². The number of halogens is 2. The summed E-state index contributed by atoms with van der Waals surface area (Å²) in [6.45, 7) is 0.0511. The van der Waals surface area contributed by atoms with Crippen LogP contribution in [0, 0.1) is 6.92 Å². The molecule has 7 nitrogen and oxygen atoms in total. The van der Waals surface area contributed by atoms with Gasteiger partial charge in [0.1, 0.15) is 11.0 Å². The minimum atomic E-state index is -2.73. The lowest BCUT2D eigenvalue weighted by Crippen LogP contribution is -2.40. The summed E-state index contributed by atoms with van der Waals surface area (Å²) in [5, 5.41) is 6.96. The molecule has 24 heavy (non-hydrogen) atoms. The van der Waals surface area contributed by atoms with E-state index in [1.165, 1.54) is 0 Å². The lowest BCUT2D eigenvalue weighted by molar-refractivity contribution is 0.0561. The van der Waals surface area contributed by atoms with E-state index in [-0.39, 0.29) is 6.04 Å². The van der Waals surface area contributed by atoms with Crippen molar-refractivity contribution in [2.24, 2.45) is 0 Å². The van der Waals surface area contributed by atoms with Crippen LogP contribution in [0.2, 0.25) is 0 Å². The zero-order chi connectivity index (χ0) is 17.1. The number of aryl methyl sites for hydroxylation is 1. The van der Waals surface area contributed by atoms with Gasteiger partial charge in [-0.2, -0.15) is 13.9 Å². The maximum absolute atomic E-state index is 12.7. The van der Waals surface area contributed by atoms with Crippen LogP contribution in [0.3, 0.4) is 0 Å². The minimum absolute atomic E-state index is 0.200. The molecule has 2 aromatic rings. The van der Waals surface area contributed by atoms with E-state index in [0.717, 1.165) is 19.0 Å². The van der Waals surface area contributed by atoms with Crippen LogP contribution in [-0.4, -0.2) is 47.4 Å². The second kappa shape index (κ2) is 7.31. The molecule has 0 aliphatic carbocycles. The van der Waals surface area contributed by atoms with Gasteiger partial charge in [-0.1, -0.05) is 0 Å². The van der Waals surface area contributed by atoms with Crippen LogP contribution in [0.5, 0.6) is 0 Å². The predicted molar refractivity (Wildman–Crippen MR) is 84.9 cm³/mol. The molecule has 1 atom stereocenters. The molecule has 1 aliphatic heterocycles. The number of rotatable bonds is 5. The van der Waals surface area contributed by atoms with Crippen molar-refractivity contribution >= 4 is 16.9 Å². The molecule has 0 saturated carbocycles. The van der Waals surface area contributed by atoms with E-state index in [0.29, 0.717) is 34.3 Å². The zero-order valence-corrected chi connectivity index (χ0v) is 13.9. The third-order valence-corrected chi connectivity index (χ3v) is 5.46. The van der Waals surface area contributed by atoms with Crippen molar-refractivity contribution in [3.63, 3.8) is 0 Å². The summed E-state index contributed by atoms with van der Waals surface area (Å²) in [4.78, 5) is 8.60. The van der Waals surface area contributed by atoms with E-state index in [1.807, 2.05) is 0 Å². The first-order chi connectivity index (χ1) is 11.5. The monoisotopic (exact) mass is 356 g/mol. The van der Waals surface area contributed by atoms with Crippen molar-refractivity contribution in [3.8, 4) is 0 Å². The molecule has 0 bridgehead atoms. The Morgan fingerprint density at radius 1 is 1.29 bits per heavy atom. The Balaban J connectivity index is 1.59. The average molecular weight is 356 g/mol. The molecule has 130 valence electrons. The topological polar surface area (TPSA) is 75.9 Å². The fraction of sp³-hybridized carbons (Fsp3) is 0.500. The smallest absolute Gasteiger partial charge is 0.333 e. The van der Waals surface area contributed by atoms with Crippen molar-refractivity contribution in [3.05, 3.63) is 30.4 Å². The Morgan fingerprint density at radius 2 is 1.96 bits per heavy atom. The van der Waals surface area contributed by atoms with Gasteiger partial charge in [0, 0.05) is 37.7 Å². The fourth-order valence-electron chi connectivity index (χ4n) is 2.60. The van der Waals surface area contributed by atoms with Crippen molar-refractivity contribution in [1.82, 2.24) is 24.1 Å². The first-order valence-electron chi connectivity index (χ1n) is 7.59. The molecule has 3 rings (SSSR count). The summed E-state index contributed by atoms with van der Waals surface area (Å²) >= 11 is 0. The van der Waals surface area contributed by atoms with Gasteiger partial charge in [-0.25, -0.2) is 23.2 Å². The fourth-order valence-corrected chi connectivity index (χ4v) is 3.91. The molecule has 1 fully saturated rings. The van der Waals surface area contributed by atoms with Gasteiger partial charge in [-0.05, 0) is 25.8 Å². The molecule has 0 aromatic carbocycles. The van der Waals surface area contributed by atoms with Gasteiger partial charge in [0.15, 0.2) is 0 Å². The van der Waals surface area contributed by atoms with Crippen LogP contribution in [0.1, 0.15) is 25.1 Å². The standard InChI is InChI=1S/C14H18F2N6OS/c1-10-12(9-22(20-10)13(15)16)24(23)21-7-3-11(4-8-21)19-14-17-5-2-6-18-14/h2,5-6,9,11,13H,3-4,7-8H2,1H3,(H,17,18,19). The second-order valence-electron chi connectivity index (χ2n) is 5.51. The van der Waals surface area contributed by atoms with Gasteiger partial charge in [-0.3, -0.25) is 0 Å². The first-order valence-corrected chi connectivity index (χ1v) is 8.69. The number of aromatic nitrogens is 4. The summed E-state index contributed by atoms with van der Waals surface area (Å²) < 4.78 is 40.3. The lowest BCUT2D eigenvalue weighted by Gasteiger charge is -2.31. The highest BCUT2D eigenvalue weighted by Gasteiger charge is 2.26. The molecule has 10 heteroatoms. The molecule has 3 heterocycles. The summed E-state index contributed by atoms with van der Waals surface area (Å²) in [5.74, 6) is 0.575. The maximum atomic E-state index is 12.7. The van der Waals surface area contributed by atoms with Crippen molar-refractivity contribution in [2.45, 2.75) is 37.3 Å². The molecule has 0 spiro atoms. The number of hydrogen-bond donors (Lipinski definition) is 1. The molecular weight excluding hydrogens is 338 g/mol. The molecular formula is C14H18F2N6OS. The normalized spacial score (nSPS) is 18.0. The number of piperidine rings is 1. The first kappa shape index (κ1) is 16.9. The van der Waals surface area contributed by atoms with Gasteiger partial charge in [0.25, 0.3) is 0 Å². The van der Waals surface area contributed by atoms with Crippen LogP contribution in [0.15, 0.2) is 29.6 Å². The summed E-state index contributed by atoms with van der Waals surface area (Å²) in [6, 6.07) is 1.95. The Kier molecular flexibility index (Phi) is 5.14. The molecule has 2 aromatic heterocycles. The second-order valence-corrected chi connectivity index (χ2v) is 6.96. The van der Waals surface area contributed by atoms with E-state index in [1.54, 1.807) is 29.7 Å². The predicted octanol–water partition coefficient (Wildman–Crippen LogP) is 1.98. The van der Waals surface area contributed by atoms with Gasteiger partial charge < -0.3 is 5.32 Å². The maximum Gasteiger partial charge on any atom is 0.333 e. The van der Waals surface area contributed by atoms with Gasteiger partial charge in [0.05, 0.1) is 10.6 Å². The number of nitrogens with zero attached hydrogens (tertiary/aromatic N) is 5. The highest BCUT2D eigenvalue weighted by molar-refractivity contribution is 7.82. The van der Waals surface area contributed by atoms with Gasteiger partial charge in [-0.15, -0.1) is 0 Å². The average Bonchev–Trinajstić information content (AvgIpc) is 2.98. The molecule has 1 saturated heterocycles. The van der Waals surface area contributed by atoms with Gasteiger partial charge in [0.2, 0.25) is 5.95 Å². The highest BCUT2D eigenvalue weighted by Crippen LogP contribution is 2.22. The third kappa shape index (κ3) is 3.75. The number of anilines is 1. The Bertz CT molecular complexity index is 703. The van der Waals surface area contributed by atoms with Crippen LogP contribution >= 0.6 is 0 Å². The zero-order valence-electron chi connectivity index (χ0n) is 13.1. The minimum Gasteiger partial charge on any atom is -0.351 e. The summed E-state index contributed by atoms with van der Waals surface area (Å²) in [7, 11) is -1.48. The van der Waals surface area contributed by atoms with Crippen molar-refractivity contribution in [2.75, 3.05) is 18.4 Å². The van der Waals surface area contributed by atoms with Crippen LogP contribution in [-0.2, 0) is 11.0 Å². The van der Waals surface area contributed by atoms with E-state index in [9.17, 15) is 13.0 Å². The van der Waals surface area contributed by atoms with E-state index < -0.39 is 17.5 Å². The number of alkyl halides is 2. The van der Waals surface area contributed by atoms with Crippen molar-refractivity contribution in [1.29, 1.82) is 0 Å². The lowest BCUT2D eigenvalue weighted by atomic mass is 10.1. The van der Waals surface area contributed by atoms with E-state index in [4.69, 9.17) is 0 Å². The molecule has 1 N–H and O–H groups in total. The van der Waals surface area contributed by atoms with Gasteiger partial charge >= 0.3 is 6.55 Å². The quantitative estimate of drug-likeness (QED) is 0.886. The molecule has 1 aliphatic rings. The van der Waals surface area contributed by atoms with Crippen LogP contribution in [0.4, 0.5) is 14.7 Å². The van der Waals surface area contributed by atoms with E-state index >= 15 is 0 Å². The third-order valence-electron chi connectivity index (χ3n) is 3.85.